The van der Waals surface area contributed by atoms with Crippen LogP contribution in [0, 0.1) is 6.92 Å². The molecule has 2 aromatic carbocycles. The van der Waals surface area contributed by atoms with E-state index >= 15 is 0 Å². The highest BCUT2D eigenvalue weighted by Crippen LogP contribution is 2.26. The fourth-order valence-electron chi connectivity index (χ4n) is 4.89. The van der Waals surface area contributed by atoms with E-state index in [4.69, 9.17) is 5.73 Å². The summed E-state index contributed by atoms with van der Waals surface area (Å²) < 4.78 is 5.87. The second-order valence-corrected chi connectivity index (χ2v) is 9.56. The van der Waals surface area contributed by atoms with Gasteiger partial charge in [0.05, 0.1) is 35.5 Å². The van der Waals surface area contributed by atoms with Gasteiger partial charge in [0.2, 0.25) is 5.91 Å². The van der Waals surface area contributed by atoms with Crippen LogP contribution in [-0.4, -0.2) is 47.2 Å². The molecule has 4 N–H and O–H groups in total. The van der Waals surface area contributed by atoms with Crippen molar-refractivity contribution in [1.29, 1.82) is 0 Å². The Labute approximate surface area is 219 Å². The molecule has 0 saturated carbocycles. The monoisotopic (exact) mass is 513 g/mol. The number of aliphatic hydroxyl groups excluding tert-OH is 1. The fourth-order valence-corrected chi connectivity index (χ4v) is 4.89. The summed E-state index contributed by atoms with van der Waals surface area (Å²) in [7, 11) is 1.97. The maximum atomic E-state index is 12.8. The normalized spacial score (nSPS) is 12.3. The van der Waals surface area contributed by atoms with Gasteiger partial charge in [-0.15, -0.1) is 0 Å². The SMILES string of the molecule is Cc1cn(CC[C@H](CO)n2cnc(C(N)=O)c2)c2cc(NC(=O)CCc3nc4ccccc4n3C)ccc12. The number of hydrogen-bond donors (Lipinski definition) is 3. The molecule has 0 bridgehead atoms. The van der Waals surface area contributed by atoms with E-state index in [0.29, 0.717) is 25.8 Å². The second-order valence-electron chi connectivity index (χ2n) is 9.56. The van der Waals surface area contributed by atoms with Crippen molar-refractivity contribution < 1.29 is 14.7 Å². The smallest absolute Gasteiger partial charge is 0.268 e. The Morgan fingerprint density at radius 2 is 1.95 bits per heavy atom. The first-order valence-electron chi connectivity index (χ1n) is 12.6. The maximum absolute atomic E-state index is 12.8. The van der Waals surface area contributed by atoms with Crippen molar-refractivity contribution in [3.63, 3.8) is 0 Å². The molecule has 5 rings (SSSR count). The number of aromatic nitrogens is 5. The van der Waals surface area contributed by atoms with Crippen LogP contribution in [-0.2, 0) is 24.8 Å². The number of rotatable bonds is 10. The molecule has 0 aliphatic carbocycles. The number of carbonyl (C=O) groups is 2. The van der Waals surface area contributed by atoms with Crippen LogP contribution in [0.5, 0.6) is 0 Å². The summed E-state index contributed by atoms with van der Waals surface area (Å²) in [6, 6.07) is 13.6. The number of imidazole rings is 2. The summed E-state index contributed by atoms with van der Waals surface area (Å²) in [5.74, 6) is 0.202. The zero-order valence-electron chi connectivity index (χ0n) is 21.5. The molecule has 5 aromatic rings. The zero-order chi connectivity index (χ0) is 26.8. The van der Waals surface area contributed by atoms with Crippen molar-refractivity contribution in [2.45, 2.75) is 38.8 Å². The van der Waals surface area contributed by atoms with Gasteiger partial charge in [0.25, 0.3) is 5.91 Å². The van der Waals surface area contributed by atoms with Crippen molar-refractivity contribution in [2.24, 2.45) is 12.8 Å². The summed E-state index contributed by atoms with van der Waals surface area (Å²) in [4.78, 5) is 32.8. The number of para-hydroxylation sites is 2. The largest absolute Gasteiger partial charge is 0.394 e. The number of aliphatic hydroxyl groups is 1. The summed E-state index contributed by atoms with van der Waals surface area (Å²) in [5, 5.41) is 14.1. The van der Waals surface area contributed by atoms with Gasteiger partial charge < -0.3 is 29.9 Å². The van der Waals surface area contributed by atoms with Gasteiger partial charge in [0.15, 0.2) is 0 Å². The molecule has 196 valence electrons. The predicted octanol–water partition coefficient (Wildman–Crippen LogP) is 3.33. The molecular formula is C28H31N7O3. The van der Waals surface area contributed by atoms with Crippen LogP contribution in [0.15, 0.2) is 61.2 Å². The second kappa shape index (κ2) is 10.5. The first kappa shape index (κ1) is 25.2. The first-order chi connectivity index (χ1) is 18.3. The minimum Gasteiger partial charge on any atom is -0.394 e. The van der Waals surface area contributed by atoms with Crippen molar-refractivity contribution in [2.75, 3.05) is 11.9 Å². The number of anilines is 1. The maximum Gasteiger partial charge on any atom is 0.268 e. The van der Waals surface area contributed by atoms with E-state index in [9.17, 15) is 14.7 Å². The number of fused-ring (bicyclic) bond motifs is 2. The molecule has 0 radical (unpaired) electrons. The number of nitrogens with two attached hydrogens (primary N) is 1. The Kier molecular flexibility index (Phi) is 6.97. The van der Waals surface area contributed by atoms with E-state index in [1.165, 1.54) is 6.33 Å². The van der Waals surface area contributed by atoms with E-state index < -0.39 is 5.91 Å². The number of nitrogens with one attached hydrogen (secondary N) is 1. The van der Waals surface area contributed by atoms with Crippen LogP contribution in [0.4, 0.5) is 5.69 Å². The number of hydrogen-bond acceptors (Lipinski definition) is 5. The van der Waals surface area contributed by atoms with E-state index in [1.54, 1.807) is 10.8 Å². The topological polar surface area (TPSA) is 133 Å². The highest BCUT2D eigenvalue weighted by atomic mass is 16.3. The van der Waals surface area contributed by atoms with Gasteiger partial charge in [-0.2, -0.15) is 0 Å². The van der Waals surface area contributed by atoms with Crippen molar-refractivity contribution in [3.8, 4) is 0 Å². The molecule has 0 spiro atoms. The molecule has 3 aromatic heterocycles. The Morgan fingerprint density at radius 1 is 1.13 bits per heavy atom. The third kappa shape index (κ3) is 5.03. The average molecular weight is 514 g/mol. The lowest BCUT2D eigenvalue weighted by atomic mass is 10.1. The van der Waals surface area contributed by atoms with Gasteiger partial charge in [-0.3, -0.25) is 9.59 Å². The highest BCUT2D eigenvalue weighted by molar-refractivity contribution is 5.94. The fraction of sp³-hybridized carbons (Fsp3) is 0.286. The lowest BCUT2D eigenvalue weighted by Crippen LogP contribution is -2.15. The molecule has 0 fully saturated rings. The molecule has 3 heterocycles. The third-order valence-corrected chi connectivity index (χ3v) is 7.01. The minimum absolute atomic E-state index is 0.0723. The van der Waals surface area contributed by atoms with Gasteiger partial charge in [-0.1, -0.05) is 18.2 Å². The molecule has 0 unspecified atom stereocenters. The van der Waals surface area contributed by atoms with Gasteiger partial charge in [0, 0.05) is 49.9 Å². The Bertz CT molecular complexity index is 1630. The number of amides is 2. The number of nitrogens with zero attached hydrogens (tertiary/aromatic N) is 5. The Balaban J connectivity index is 1.26. The molecule has 2 amide bonds. The molecule has 0 saturated heterocycles. The summed E-state index contributed by atoms with van der Waals surface area (Å²) in [5.41, 5.74) is 10.3. The third-order valence-electron chi connectivity index (χ3n) is 7.01. The molecule has 10 heteroatoms. The number of primary amides is 1. The van der Waals surface area contributed by atoms with Crippen LogP contribution in [0.2, 0.25) is 0 Å². The first-order valence-corrected chi connectivity index (χ1v) is 12.6. The van der Waals surface area contributed by atoms with Crippen LogP contribution in [0.3, 0.4) is 0 Å². The highest BCUT2D eigenvalue weighted by Gasteiger charge is 2.15. The van der Waals surface area contributed by atoms with E-state index in [-0.39, 0.29) is 24.2 Å². The summed E-state index contributed by atoms with van der Waals surface area (Å²) in [6.45, 7) is 2.58. The van der Waals surface area contributed by atoms with E-state index in [0.717, 1.165) is 39.0 Å². The van der Waals surface area contributed by atoms with Crippen LogP contribution in [0.25, 0.3) is 21.9 Å². The van der Waals surface area contributed by atoms with Crippen molar-refractivity contribution in [1.82, 2.24) is 23.7 Å². The molecule has 0 aliphatic heterocycles. The quantitative estimate of drug-likeness (QED) is 0.263. The average Bonchev–Trinajstić information content (AvgIpc) is 3.60. The molecule has 1 atom stereocenters. The zero-order valence-corrected chi connectivity index (χ0v) is 21.5. The number of carbonyl (C=O) groups excluding carboxylic acids is 2. The van der Waals surface area contributed by atoms with Crippen LogP contribution >= 0.6 is 0 Å². The number of aryl methyl sites for hydroxylation is 4. The van der Waals surface area contributed by atoms with Gasteiger partial charge in [-0.05, 0) is 43.2 Å². The summed E-state index contributed by atoms with van der Waals surface area (Å²) in [6.07, 6.45) is 6.63. The Morgan fingerprint density at radius 3 is 2.68 bits per heavy atom. The van der Waals surface area contributed by atoms with Gasteiger partial charge in [-0.25, -0.2) is 9.97 Å². The van der Waals surface area contributed by atoms with Gasteiger partial charge >= 0.3 is 0 Å². The molecular weight excluding hydrogens is 482 g/mol. The Hall–Kier alpha value is -4.44. The predicted molar refractivity (Wildman–Crippen MR) is 146 cm³/mol. The van der Waals surface area contributed by atoms with Crippen molar-refractivity contribution in [3.05, 3.63) is 78.3 Å². The van der Waals surface area contributed by atoms with E-state index in [2.05, 4.69) is 26.0 Å². The molecule has 10 nitrogen and oxygen atoms in total. The lowest BCUT2D eigenvalue weighted by Gasteiger charge is -2.16. The van der Waals surface area contributed by atoms with Gasteiger partial charge in [0.1, 0.15) is 11.5 Å². The molecule has 38 heavy (non-hydrogen) atoms. The minimum atomic E-state index is -0.601. The number of benzene rings is 2. The standard InChI is InChI=1S/C28H31N7O3/c1-18-14-34(12-11-20(16-36)35-15-23(28(29)38)30-17-35)25-13-19(7-8-21(18)25)31-27(37)10-9-26-32-22-5-3-4-6-24(22)33(26)2/h3-8,13-15,17,20,36H,9-12,16H2,1-2H3,(H2,29,38)(H,31,37)/t20-/m1/s1. The summed E-state index contributed by atoms with van der Waals surface area (Å²) >= 11 is 0. The van der Waals surface area contributed by atoms with E-state index in [1.807, 2.05) is 61.0 Å². The van der Waals surface area contributed by atoms with Crippen LogP contribution < -0.4 is 11.1 Å². The van der Waals surface area contributed by atoms with Crippen molar-refractivity contribution >= 4 is 39.4 Å². The van der Waals surface area contributed by atoms with Crippen LogP contribution in [0.1, 0.15) is 40.8 Å². The molecule has 0 aliphatic rings. The lowest BCUT2D eigenvalue weighted by molar-refractivity contribution is -0.116.